The normalized spacial score (nSPS) is 13.0. The number of benzene rings is 2. The molecule has 0 unspecified atom stereocenters. The Morgan fingerprint density at radius 2 is 1.85 bits per heavy atom. The van der Waals surface area contributed by atoms with Crippen molar-refractivity contribution >= 4 is 29.3 Å². The fourth-order valence-electron chi connectivity index (χ4n) is 2.56. The van der Waals surface area contributed by atoms with E-state index in [9.17, 15) is 4.79 Å². The van der Waals surface area contributed by atoms with E-state index in [1.165, 1.54) is 11.8 Å². The second-order valence-electron chi connectivity index (χ2n) is 5.81. The van der Waals surface area contributed by atoms with E-state index in [0.29, 0.717) is 5.02 Å². The number of hydrogen-bond donors (Lipinski definition) is 1. The summed E-state index contributed by atoms with van der Waals surface area (Å²) in [5.74, 6) is 1.44. The lowest BCUT2D eigenvalue weighted by Gasteiger charge is -2.21. The maximum Gasteiger partial charge on any atom is 0.233 e. The van der Waals surface area contributed by atoms with Crippen LogP contribution in [0.5, 0.6) is 11.5 Å². The van der Waals surface area contributed by atoms with Crippen molar-refractivity contribution in [2.75, 3.05) is 14.2 Å². The number of hydrogen-bond acceptors (Lipinski definition) is 4. The smallest absolute Gasteiger partial charge is 0.233 e. The van der Waals surface area contributed by atoms with Gasteiger partial charge in [0, 0.05) is 15.5 Å². The summed E-state index contributed by atoms with van der Waals surface area (Å²) in [6.45, 7) is 3.94. The molecular formula is C20H24ClNO3S. The number of rotatable bonds is 8. The molecule has 0 saturated carbocycles. The third kappa shape index (κ3) is 5.32. The highest BCUT2D eigenvalue weighted by Gasteiger charge is 2.22. The van der Waals surface area contributed by atoms with Crippen LogP contribution in [0.1, 0.15) is 31.9 Å². The molecule has 1 N–H and O–H groups in total. The number of nitrogens with one attached hydrogen (secondary N) is 1. The van der Waals surface area contributed by atoms with E-state index in [1.807, 2.05) is 56.3 Å². The molecule has 0 aliphatic carbocycles. The van der Waals surface area contributed by atoms with Crippen molar-refractivity contribution in [2.24, 2.45) is 0 Å². The van der Waals surface area contributed by atoms with Crippen LogP contribution in [0.2, 0.25) is 5.02 Å². The van der Waals surface area contributed by atoms with E-state index in [1.54, 1.807) is 14.2 Å². The van der Waals surface area contributed by atoms with E-state index in [-0.39, 0.29) is 17.2 Å². The third-order valence-electron chi connectivity index (χ3n) is 4.02. The van der Waals surface area contributed by atoms with Gasteiger partial charge in [-0.05, 0) is 55.8 Å². The average Bonchev–Trinajstić information content (AvgIpc) is 2.66. The Hall–Kier alpha value is -1.85. The Balaban J connectivity index is 2.10. The van der Waals surface area contributed by atoms with Gasteiger partial charge in [0.15, 0.2) is 0 Å². The van der Waals surface area contributed by atoms with Crippen LogP contribution >= 0.6 is 23.4 Å². The van der Waals surface area contributed by atoms with Gasteiger partial charge in [-0.2, -0.15) is 0 Å². The van der Waals surface area contributed by atoms with Gasteiger partial charge in [0.25, 0.3) is 0 Å². The fraction of sp³-hybridized carbons (Fsp3) is 0.350. The molecule has 2 aromatic rings. The minimum absolute atomic E-state index is 0.00942. The Labute approximate surface area is 164 Å². The lowest BCUT2D eigenvalue weighted by Crippen LogP contribution is -2.34. The van der Waals surface area contributed by atoms with Gasteiger partial charge in [-0.3, -0.25) is 4.79 Å². The molecule has 1 amide bonds. The molecule has 2 aromatic carbocycles. The van der Waals surface area contributed by atoms with Gasteiger partial charge in [0.2, 0.25) is 5.91 Å². The maximum absolute atomic E-state index is 12.8. The lowest BCUT2D eigenvalue weighted by molar-refractivity contribution is -0.121. The molecule has 26 heavy (non-hydrogen) atoms. The molecule has 0 saturated heterocycles. The molecule has 0 spiro atoms. The predicted octanol–water partition coefficient (Wildman–Crippen LogP) is 5.11. The van der Waals surface area contributed by atoms with Crippen molar-refractivity contribution in [1.29, 1.82) is 0 Å². The Morgan fingerprint density at radius 1 is 1.15 bits per heavy atom. The van der Waals surface area contributed by atoms with E-state index in [4.69, 9.17) is 21.1 Å². The summed E-state index contributed by atoms with van der Waals surface area (Å²) in [6, 6.07) is 12.9. The van der Waals surface area contributed by atoms with Crippen molar-refractivity contribution in [3.05, 3.63) is 53.1 Å². The first-order valence-electron chi connectivity index (χ1n) is 8.43. The number of halogens is 1. The number of amides is 1. The summed E-state index contributed by atoms with van der Waals surface area (Å²) in [6.07, 6.45) is 0.723. The summed E-state index contributed by atoms with van der Waals surface area (Å²) in [4.78, 5) is 13.8. The monoisotopic (exact) mass is 393 g/mol. The summed E-state index contributed by atoms with van der Waals surface area (Å²) >= 11 is 7.46. The second kappa shape index (κ2) is 9.74. The van der Waals surface area contributed by atoms with E-state index >= 15 is 0 Å². The molecule has 0 aliphatic rings. The number of carbonyl (C=O) groups excluding carboxylic acids is 1. The zero-order valence-electron chi connectivity index (χ0n) is 15.4. The van der Waals surface area contributed by atoms with Crippen LogP contribution in [-0.2, 0) is 4.79 Å². The molecule has 4 nitrogen and oxygen atoms in total. The quantitative estimate of drug-likeness (QED) is 0.633. The molecule has 140 valence electrons. The van der Waals surface area contributed by atoms with Crippen LogP contribution in [0, 0.1) is 0 Å². The minimum Gasteiger partial charge on any atom is -0.497 e. The van der Waals surface area contributed by atoms with Gasteiger partial charge in [0.1, 0.15) is 11.5 Å². The Morgan fingerprint density at radius 3 is 2.42 bits per heavy atom. The SMILES string of the molecule is CC[C@@H](Sc1ccc(Cl)cc1)C(=O)N[C@@H](C)c1cc(OC)ccc1OC. The fourth-order valence-corrected chi connectivity index (χ4v) is 3.65. The van der Waals surface area contributed by atoms with Gasteiger partial charge in [-0.15, -0.1) is 11.8 Å². The summed E-state index contributed by atoms with van der Waals surface area (Å²) < 4.78 is 10.7. The van der Waals surface area contributed by atoms with Crippen LogP contribution in [0.25, 0.3) is 0 Å². The molecule has 0 heterocycles. The molecule has 2 rings (SSSR count). The highest BCUT2D eigenvalue weighted by molar-refractivity contribution is 8.00. The first-order chi connectivity index (χ1) is 12.5. The molecule has 0 bridgehead atoms. The second-order valence-corrected chi connectivity index (χ2v) is 7.52. The highest BCUT2D eigenvalue weighted by atomic mass is 35.5. The summed E-state index contributed by atoms with van der Waals surface area (Å²) in [5, 5.41) is 3.58. The molecule has 2 atom stereocenters. The van der Waals surface area contributed by atoms with Crippen LogP contribution in [-0.4, -0.2) is 25.4 Å². The van der Waals surface area contributed by atoms with Crippen molar-refractivity contribution in [2.45, 2.75) is 36.5 Å². The molecule has 6 heteroatoms. The molecular weight excluding hydrogens is 370 g/mol. The maximum atomic E-state index is 12.8. The molecule has 0 fully saturated rings. The molecule has 0 radical (unpaired) electrons. The van der Waals surface area contributed by atoms with Crippen LogP contribution in [0.4, 0.5) is 0 Å². The average molecular weight is 394 g/mol. The van der Waals surface area contributed by atoms with Crippen molar-refractivity contribution < 1.29 is 14.3 Å². The zero-order chi connectivity index (χ0) is 19.1. The largest absolute Gasteiger partial charge is 0.497 e. The van der Waals surface area contributed by atoms with Crippen molar-refractivity contribution in [3.63, 3.8) is 0 Å². The van der Waals surface area contributed by atoms with E-state index in [2.05, 4.69) is 5.32 Å². The molecule has 0 aliphatic heterocycles. The van der Waals surface area contributed by atoms with Gasteiger partial charge < -0.3 is 14.8 Å². The highest BCUT2D eigenvalue weighted by Crippen LogP contribution is 2.31. The van der Waals surface area contributed by atoms with Crippen LogP contribution < -0.4 is 14.8 Å². The van der Waals surface area contributed by atoms with Gasteiger partial charge in [-0.25, -0.2) is 0 Å². The minimum atomic E-state index is -0.201. The van der Waals surface area contributed by atoms with Gasteiger partial charge in [0.05, 0.1) is 25.5 Å². The van der Waals surface area contributed by atoms with Gasteiger partial charge >= 0.3 is 0 Å². The lowest BCUT2D eigenvalue weighted by atomic mass is 10.1. The van der Waals surface area contributed by atoms with Crippen molar-refractivity contribution in [3.8, 4) is 11.5 Å². The number of methoxy groups -OCH3 is 2. The van der Waals surface area contributed by atoms with Crippen LogP contribution in [0.15, 0.2) is 47.4 Å². The first kappa shape index (κ1) is 20.5. The van der Waals surface area contributed by atoms with Crippen LogP contribution in [0.3, 0.4) is 0 Å². The van der Waals surface area contributed by atoms with E-state index in [0.717, 1.165) is 28.4 Å². The van der Waals surface area contributed by atoms with E-state index < -0.39 is 0 Å². The topological polar surface area (TPSA) is 47.6 Å². The summed E-state index contributed by atoms with van der Waals surface area (Å²) in [7, 11) is 3.23. The van der Waals surface area contributed by atoms with Gasteiger partial charge in [-0.1, -0.05) is 18.5 Å². The summed E-state index contributed by atoms with van der Waals surface area (Å²) in [5.41, 5.74) is 0.881. The van der Waals surface area contributed by atoms with Crippen molar-refractivity contribution in [1.82, 2.24) is 5.32 Å². The Bertz CT molecular complexity index is 736. The zero-order valence-corrected chi connectivity index (χ0v) is 17.0. The number of ether oxygens (including phenoxy) is 2. The third-order valence-corrected chi connectivity index (χ3v) is 5.65. The number of carbonyl (C=O) groups is 1. The predicted molar refractivity (Wildman–Crippen MR) is 107 cm³/mol. The number of thioether (sulfide) groups is 1. The standard InChI is InChI=1S/C20H24ClNO3S/c1-5-19(26-16-9-6-14(21)7-10-16)20(23)22-13(2)17-12-15(24-3)8-11-18(17)25-4/h6-13,19H,5H2,1-4H3,(H,22,23)/t13-,19+/m0/s1. The first-order valence-corrected chi connectivity index (χ1v) is 9.68. The molecule has 0 aromatic heterocycles. The Kier molecular flexibility index (Phi) is 7.66.